The second-order valence-electron chi connectivity index (χ2n) is 6.54. The molecule has 0 saturated carbocycles. The zero-order chi connectivity index (χ0) is 15.4. The van der Waals surface area contributed by atoms with Crippen LogP contribution in [0, 0.1) is 19.8 Å². The first kappa shape index (κ1) is 16.2. The molecule has 0 radical (unpaired) electrons. The van der Waals surface area contributed by atoms with Crippen molar-refractivity contribution in [3.05, 3.63) is 22.9 Å². The van der Waals surface area contributed by atoms with Gasteiger partial charge in [0, 0.05) is 31.4 Å². The number of anilines is 1. The van der Waals surface area contributed by atoms with Gasteiger partial charge in [-0.25, -0.2) is 4.98 Å². The van der Waals surface area contributed by atoms with Gasteiger partial charge in [0.05, 0.1) is 0 Å². The van der Waals surface area contributed by atoms with Gasteiger partial charge in [0.2, 0.25) is 0 Å². The van der Waals surface area contributed by atoms with Crippen molar-refractivity contribution in [3.63, 3.8) is 0 Å². The zero-order valence-electron chi connectivity index (χ0n) is 14.2. The number of pyridine rings is 1. The van der Waals surface area contributed by atoms with Gasteiger partial charge in [-0.15, -0.1) is 0 Å². The highest BCUT2D eigenvalue weighted by molar-refractivity contribution is 5.51. The quantitative estimate of drug-likeness (QED) is 0.901. The Morgan fingerprint density at radius 2 is 2.00 bits per heavy atom. The molecular weight excluding hydrogens is 260 g/mol. The number of aromatic nitrogens is 1. The van der Waals surface area contributed by atoms with E-state index in [2.05, 4.69) is 49.1 Å². The van der Waals surface area contributed by atoms with Crippen LogP contribution in [-0.4, -0.2) is 50.7 Å². The third kappa shape index (κ3) is 4.17. The molecule has 0 spiro atoms. The Hall–Kier alpha value is -1.13. The molecular formula is C17H30N4. The van der Waals surface area contributed by atoms with Crippen LogP contribution in [0.2, 0.25) is 0 Å². The number of hydrogen-bond donors (Lipinski definition) is 1. The fourth-order valence-electron chi connectivity index (χ4n) is 3.27. The largest absolute Gasteiger partial charge is 0.359 e. The lowest BCUT2D eigenvalue weighted by Crippen LogP contribution is -2.36. The average Bonchev–Trinajstić information content (AvgIpc) is 2.44. The predicted octanol–water partition coefficient (Wildman–Crippen LogP) is 2.20. The van der Waals surface area contributed by atoms with Crippen LogP contribution in [0.25, 0.3) is 0 Å². The first-order valence-electron chi connectivity index (χ1n) is 8.02. The van der Waals surface area contributed by atoms with E-state index in [1.165, 1.54) is 37.1 Å². The number of rotatable bonds is 5. The van der Waals surface area contributed by atoms with Gasteiger partial charge in [-0.1, -0.05) is 0 Å². The first-order valence-corrected chi connectivity index (χ1v) is 8.02. The molecule has 21 heavy (non-hydrogen) atoms. The Bertz CT molecular complexity index is 464. The summed E-state index contributed by atoms with van der Waals surface area (Å²) >= 11 is 0. The maximum atomic E-state index is 4.81. The number of piperidine rings is 1. The van der Waals surface area contributed by atoms with E-state index in [0.717, 1.165) is 30.5 Å². The monoisotopic (exact) mass is 290 g/mol. The van der Waals surface area contributed by atoms with E-state index >= 15 is 0 Å². The summed E-state index contributed by atoms with van der Waals surface area (Å²) in [5.74, 6) is 1.94. The SMILES string of the molecule is CNCc1c(C)cc(C)nc1N(C)CC1CCN(C)CC1. The van der Waals surface area contributed by atoms with Crippen molar-refractivity contribution in [2.45, 2.75) is 33.2 Å². The summed E-state index contributed by atoms with van der Waals surface area (Å²) in [6, 6.07) is 2.18. The lowest BCUT2D eigenvalue weighted by atomic mass is 9.96. The number of likely N-dealkylation sites (tertiary alicyclic amines) is 1. The van der Waals surface area contributed by atoms with E-state index in [4.69, 9.17) is 4.98 Å². The molecule has 0 amide bonds. The Labute approximate surface area is 129 Å². The summed E-state index contributed by atoms with van der Waals surface area (Å²) in [6.45, 7) is 8.72. The van der Waals surface area contributed by atoms with Gasteiger partial charge in [0.1, 0.15) is 5.82 Å². The molecule has 0 aliphatic carbocycles. The summed E-state index contributed by atoms with van der Waals surface area (Å²) in [5.41, 5.74) is 3.78. The van der Waals surface area contributed by atoms with Crippen molar-refractivity contribution in [1.29, 1.82) is 0 Å². The number of nitrogens with one attached hydrogen (secondary N) is 1. The van der Waals surface area contributed by atoms with Crippen molar-refractivity contribution in [3.8, 4) is 0 Å². The first-order chi connectivity index (χ1) is 10.0. The van der Waals surface area contributed by atoms with Crippen LogP contribution in [0.3, 0.4) is 0 Å². The van der Waals surface area contributed by atoms with Crippen molar-refractivity contribution >= 4 is 5.82 Å². The van der Waals surface area contributed by atoms with E-state index in [0.29, 0.717) is 0 Å². The molecule has 2 rings (SSSR count). The van der Waals surface area contributed by atoms with Gasteiger partial charge >= 0.3 is 0 Å². The molecule has 0 aromatic carbocycles. The number of nitrogens with zero attached hydrogens (tertiary/aromatic N) is 3. The molecule has 1 aromatic heterocycles. The predicted molar refractivity (Wildman–Crippen MR) is 90.0 cm³/mol. The third-order valence-corrected chi connectivity index (χ3v) is 4.54. The topological polar surface area (TPSA) is 31.4 Å². The number of aryl methyl sites for hydroxylation is 2. The molecule has 1 fully saturated rings. The van der Waals surface area contributed by atoms with Crippen molar-refractivity contribution in [2.75, 3.05) is 45.7 Å². The van der Waals surface area contributed by atoms with Crippen molar-refractivity contribution in [1.82, 2.24) is 15.2 Å². The van der Waals surface area contributed by atoms with Crippen LogP contribution < -0.4 is 10.2 Å². The minimum Gasteiger partial charge on any atom is -0.359 e. The maximum absolute atomic E-state index is 4.81. The third-order valence-electron chi connectivity index (χ3n) is 4.54. The molecule has 1 aliphatic heterocycles. The second-order valence-corrected chi connectivity index (χ2v) is 6.54. The maximum Gasteiger partial charge on any atom is 0.133 e. The van der Waals surface area contributed by atoms with Crippen LogP contribution >= 0.6 is 0 Å². The van der Waals surface area contributed by atoms with E-state index in [1.54, 1.807) is 0 Å². The summed E-state index contributed by atoms with van der Waals surface area (Å²) < 4.78 is 0. The molecule has 0 atom stereocenters. The van der Waals surface area contributed by atoms with Crippen LogP contribution in [-0.2, 0) is 6.54 Å². The van der Waals surface area contributed by atoms with Gasteiger partial charge in [-0.3, -0.25) is 0 Å². The molecule has 1 aliphatic rings. The van der Waals surface area contributed by atoms with Gasteiger partial charge in [0.15, 0.2) is 0 Å². The summed E-state index contributed by atoms with van der Waals surface area (Å²) in [4.78, 5) is 9.60. The Morgan fingerprint density at radius 1 is 1.33 bits per heavy atom. The van der Waals surface area contributed by atoms with E-state index < -0.39 is 0 Å². The van der Waals surface area contributed by atoms with Gasteiger partial charge < -0.3 is 15.1 Å². The van der Waals surface area contributed by atoms with Gasteiger partial charge in [-0.05, 0) is 71.4 Å². The van der Waals surface area contributed by atoms with E-state index in [9.17, 15) is 0 Å². The van der Waals surface area contributed by atoms with Crippen LogP contribution in [0.5, 0.6) is 0 Å². The fourth-order valence-corrected chi connectivity index (χ4v) is 3.27. The van der Waals surface area contributed by atoms with Gasteiger partial charge in [-0.2, -0.15) is 0 Å². The summed E-state index contributed by atoms with van der Waals surface area (Å²) in [7, 11) is 6.41. The highest BCUT2D eigenvalue weighted by Gasteiger charge is 2.20. The fraction of sp³-hybridized carbons (Fsp3) is 0.706. The molecule has 4 nitrogen and oxygen atoms in total. The zero-order valence-corrected chi connectivity index (χ0v) is 14.2. The van der Waals surface area contributed by atoms with Crippen molar-refractivity contribution in [2.24, 2.45) is 5.92 Å². The standard InChI is InChI=1S/C17H30N4/c1-13-10-14(2)19-17(16(13)11-18-3)21(5)12-15-6-8-20(4)9-7-15/h10,15,18H,6-9,11-12H2,1-5H3. The Kier molecular flexibility index (Phi) is 5.59. The van der Waals surface area contributed by atoms with Crippen LogP contribution in [0.4, 0.5) is 5.82 Å². The van der Waals surface area contributed by atoms with E-state index in [-0.39, 0.29) is 0 Å². The molecule has 118 valence electrons. The van der Waals surface area contributed by atoms with Crippen molar-refractivity contribution < 1.29 is 0 Å². The number of hydrogen-bond acceptors (Lipinski definition) is 4. The molecule has 1 N–H and O–H groups in total. The molecule has 0 bridgehead atoms. The molecule has 1 saturated heterocycles. The molecule has 0 unspecified atom stereocenters. The minimum atomic E-state index is 0.788. The van der Waals surface area contributed by atoms with Crippen LogP contribution in [0.15, 0.2) is 6.07 Å². The Balaban J connectivity index is 2.12. The lowest BCUT2D eigenvalue weighted by Gasteiger charge is -2.33. The highest BCUT2D eigenvalue weighted by Crippen LogP contribution is 2.24. The Morgan fingerprint density at radius 3 is 2.62 bits per heavy atom. The minimum absolute atomic E-state index is 0.788. The summed E-state index contributed by atoms with van der Waals surface area (Å²) in [6.07, 6.45) is 2.60. The molecule has 1 aromatic rings. The average molecular weight is 290 g/mol. The molecule has 2 heterocycles. The normalized spacial score (nSPS) is 17.2. The summed E-state index contributed by atoms with van der Waals surface area (Å²) in [5, 5.41) is 3.28. The second kappa shape index (κ2) is 7.23. The highest BCUT2D eigenvalue weighted by atomic mass is 15.2. The van der Waals surface area contributed by atoms with Crippen LogP contribution in [0.1, 0.15) is 29.7 Å². The smallest absolute Gasteiger partial charge is 0.133 e. The van der Waals surface area contributed by atoms with Gasteiger partial charge in [0.25, 0.3) is 0 Å². The van der Waals surface area contributed by atoms with E-state index in [1.807, 2.05) is 7.05 Å². The lowest BCUT2D eigenvalue weighted by molar-refractivity contribution is 0.222. The molecule has 4 heteroatoms.